The van der Waals surface area contributed by atoms with Gasteiger partial charge in [-0.05, 0) is 24.3 Å². The zero-order chi connectivity index (χ0) is 23.1. The summed E-state index contributed by atoms with van der Waals surface area (Å²) in [7, 11) is -4.00. The van der Waals surface area contributed by atoms with Crippen LogP contribution in [0.3, 0.4) is 0 Å². The lowest BCUT2D eigenvalue weighted by atomic mass is 10.3. The van der Waals surface area contributed by atoms with Crippen LogP contribution in [0.5, 0.6) is 0 Å². The number of hydrogen-bond acceptors (Lipinski definition) is 9. The highest BCUT2D eigenvalue weighted by Crippen LogP contribution is 2.28. The van der Waals surface area contributed by atoms with Crippen molar-refractivity contribution in [3.8, 4) is 0 Å². The van der Waals surface area contributed by atoms with Gasteiger partial charge in [0.15, 0.2) is 12.4 Å². The van der Waals surface area contributed by atoms with Gasteiger partial charge >= 0.3 is 5.97 Å². The summed E-state index contributed by atoms with van der Waals surface area (Å²) in [6.07, 6.45) is -0.239. The fourth-order valence-electron chi connectivity index (χ4n) is 2.53. The normalized spacial score (nSPS) is 11.2. The lowest BCUT2D eigenvalue weighted by molar-refractivity contribution is -0.145. The first kappa shape index (κ1) is 23.7. The van der Waals surface area contributed by atoms with Gasteiger partial charge in [0.05, 0.1) is 16.5 Å². The SMILES string of the molecule is Nc1nc(COC(=O)CCNS(=O)(=O)c2c(Cl)cccc2Cl)nc(Nc2ccccc2)n1. The molecule has 0 bridgehead atoms. The van der Waals surface area contributed by atoms with E-state index < -0.39 is 16.0 Å². The topological polar surface area (TPSA) is 149 Å². The zero-order valence-corrected chi connectivity index (χ0v) is 18.8. The van der Waals surface area contributed by atoms with Crippen LogP contribution in [0.1, 0.15) is 12.2 Å². The predicted molar refractivity (Wildman–Crippen MR) is 120 cm³/mol. The molecule has 168 valence electrons. The molecule has 0 spiro atoms. The molecule has 13 heteroatoms. The van der Waals surface area contributed by atoms with Crippen LogP contribution in [0, 0.1) is 0 Å². The fourth-order valence-corrected chi connectivity index (χ4v) is 4.70. The molecule has 0 aliphatic heterocycles. The second kappa shape index (κ2) is 10.6. The molecule has 4 N–H and O–H groups in total. The third-order valence-corrected chi connectivity index (χ3v) is 6.32. The second-order valence-corrected chi connectivity index (χ2v) is 8.80. The Bertz CT molecular complexity index is 1190. The number of para-hydroxylation sites is 1. The third kappa shape index (κ3) is 6.50. The number of carbonyl (C=O) groups excluding carboxylic acids is 1. The van der Waals surface area contributed by atoms with Gasteiger partial charge in [-0.2, -0.15) is 15.0 Å². The van der Waals surface area contributed by atoms with Gasteiger partial charge < -0.3 is 15.8 Å². The lowest BCUT2D eigenvalue weighted by Gasteiger charge is -2.10. The number of rotatable bonds is 9. The van der Waals surface area contributed by atoms with Crippen molar-refractivity contribution in [3.05, 3.63) is 64.4 Å². The molecule has 10 nitrogen and oxygen atoms in total. The number of nitrogens with zero attached hydrogens (tertiary/aromatic N) is 3. The summed E-state index contributed by atoms with van der Waals surface area (Å²) in [4.78, 5) is 23.8. The highest BCUT2D eigenvalue weighted by Gasteiger charge is 2.21. The predicted octanol–water partition coefficient (Wildman–Crippen LogP) is 2.92. The standard InChI is InChI=1S/C19H18Cl2N6O4S/c20-13-7-4-8-14(21)17(13)32(29,30)23-10-9-16(28)31-11-15-25-18(22)27-19(26-15)24-12-5-2-1-3-6-12/h1-8,23H,9-11H2,(H3,22,24,25,26,27). The van der Waals surface area contributed by atoms with Gasteiger partial charge in [0.1, 0.15) is 4.90 Å². The first-order valence-electron chi connectivity index (χ1n) is 9.16. The summed E-state index contributed by atoms with van der Waals surface area (Å²) in [5.74, 6) is -0.393. The average Bonchev–Trinajstić information content (AvgIpc) is 2.72. The van der Waals surface area contributed by atoms with E-state index in [1.54, 1.807) is 0 Å². The number of hydrogen-bond donors (Lipinski definition) is 3. The van der Waals surface area contributed by atoms with E-state index in [0.29, 0.717) is 0 Å². The first-order valence-corrected chi connectivity index (χ1v) is 11.4. The van der Waals surface area contributed by atoms with E-state index in [0.717, 1.165) is 5.69 Å². The average molecular weight is 497 g/mol. The van der Waals surface area contributed by atoms with Crippen molar-refractivity contribution in [2.45, 2.75) is 17.9 Å². The third-order valence-electron chi connectivity index (χ3n) is 3.90. The summed E-state index contributed by atoms with van der Waals surface area (Å²) in [6, 6.07) is 13.5. The number of sulfonamides is 1. The molecule has 0 saturated carbocycles. The van der Waals surface area contributed by atoms with Crippen LogP contribution < -0.4 is 15.8 Å². The molecule has 3 rings (SSSR count). The second-order valence-electron chi connectivity index (χ2n) is 6.28. The van der Waals surface area contributed by atoms with Crippen molar-refractivity contribution in [2.75, 3.05) is 17.6 Å². The summed E-state index contributed by atoms with van der Waals surface area (Å²) in [5, 5.41) is 2.91. The number of aromatic nitrogens is 3. The van der Waals surface area contributed by atoms with E-state index >= 15 is 0 Å². The number of ether oxygens (including phenoxy) is 1. The smallest absolute Gasteiger partial charge is 0.307 e. The van der Waals surface area contributed by atoms with Crippen molar-refractivity contribution in [1.82, 2.24) is 19.7 Å². The number of nitrogen functional groups attached to an aromatic ring is 1. The Labute approximate surface area is 194 Å². The molecule has 32 heavy (non-hydrogen) atoms. The number of benzene rings is 2. The summed E-state index contributed by atoms with van der Waals surface area (Å²) in [5.41, 5.74) is 6.43. The number of esters is 1. The first-order chi connectivity index (χ1) is 15.2. The summed E-state index contributed by atoms with van der Waals surface area (Å²) in [6.45, 7) is -0.485. The van der Waals surface area contributed by atoms with Gasteiger partial charge in [-0.25, -0.2) is 13.1 Å². The molecular weight excluding hydrogens is 479 g/mol. The van der Waals surface area contributed by atoms with E-state index in [1.165, 1.54) is 18.2 Å². The Morgan fingerprint density at radius 3 is 2.38 bits per heavy atom. The quantitative estimate of drug-likeness (QED) is 0.379. The van der Waals surface area contributed by atoms with Gasteiger partial charge in [-0.1, -0.05) is 47.5 Å². The molecular formula is C19H18Cl2N6O4S. The van der Waals surface area contributed by atoms with E-state index in [-0.39, 0.29) is 52.2 Å². The van der Waals surface area contributed by atoms with Crippen LogP contribution >= 0.6 is 23.2 Å². The Morgan fingerprint density at radius 2 is 1.69 bits per heavy atom. The maximum Gasteiger partial charge on any atom is 0.307 e. The van der Waals surface area contributed by atoms with E-state index in [4.69, 9.17) is 33.7 Å². The fraction of sp³-hybridized carbons (Fsp3) is 0.158. The summed E-state index contributed by atoms with van der Waals surface area (Å²) < 4.78 is 32.1. The van der Waals surface area contributed by atoms with Crippen molar-refractivity contribution < 1.29 is 17.9 Å². The monoisotopic (exact) mass is 496 g/mol. The molecule has 0 atom stereocenters. The van der Waals surface area contributed by atoms with E-state index in [9.17, 15) is 13.2 Å². The molecule has 2 aromatic carbocycles. The van der Waals surface area contributed by atoms with Crippen molar-refractivity contribution in [3.63, 3.8) is 0 Å². The number of carbonyl (C=O) groups is 1. The summed E-state index contributed by atoms with van der Waals surface area (Å²) >= 11 is 11.8. The van der Waals surface area contributed by atoms with E-state index in [2.05, 4.69) is 25.0 Å². The molecule has 0 unspecified atom stereocenters. The Hall–Kier alpha value is -2.99. The molecule has 1 heterocycles. The van der Waals surface area contributed by atoms with Crippen LogP contribution in [-0.4, -0.2) is 35.9 Å². The maximum atomic E-state index is 12.4. The van der Waals surface area contributed by atoms with Crippen molar-refractivity contribution in [1.29, 1.82) is 0 Å². The number of nitrogens with two attached hydrogens (primary N) is 1. The zero-order valence-electron chi connectivity index (χ0n) is 16.5. The van der Waals surface area contributed by atoms with E-state index in [1.807, 2.05) is 30.3 Å². The Morgan fingerprint density at radius 1 is 1.00 bits per heavy atom. The molecule has 0 fully saturated rings. The van der Waals surface area contributed by atoms with Gasteiger partial charge in [-0.3, -0.25) is 4.79 Å². The van der Waals surface area contributed by atoms with Crippen molar-refractivity contribution in [2.24, 2.45) is 0 Å². The van der Waals surface area contributed by atoms with Crippen LogP contribution in [0.2, 0.25) is 10.0 Å². The van der Waals surface area contributed by atoms with Crippen LogP contribution in [0.15, 0.2) is 53.4 Å². The van der Waals surface area contributed by atoms with Crippen LogP contribution in [0.25, 0.3) is 0 Å². The van der Waals surface area contributed by atoms with Gasteiger partial charge in [-0.15, -0.1) is 0 Å². The largest absolute Gasteiger partial charge is 0.457 e. The van der Waals surface area contributed by atoms with Crippen LogP contribution in [0.4, 0.5) is 17.6 Å². The van der Waals surface area contributed by atoms with Gasteiger partial charge in [0, 0.05) is 12.2 Å². The minimum absolute atomic E-state index is 0.0279. The van der Waals surface area contributed by atoms with Gasteiger partial charge in [0.2, 0.25) is 21.9 Å². The Kier molecular flexibility index (Phi) is 7.80. The number of halogens is 2. The van der Waals surface area contributed by atoms with Gasteiger partial charge in [0.25, 0.3) is 0 Å². The lowest BCUT2D eigenvalue weighted by Crippen LogP contribution is -2.27. The minimum atomic E-state index is -4.00. The molecule has 0 aliphatic rings. The van der Waals surface area contributed by atoms with Crippen LogP contribution in [-0.2, 0) is 26.2 Å². The molecule has 0 saturated heterocycles. The highest BCUT2D eigenvalue weighted by atomic mass is 35.5. The minimum Gasteiger partial charge on any atom is -0.457 e. The molecule has 0 aliphatic carbocycles. The van der Waals surface area contributed by atoms with Crippen molar-refractivity contribution >= 4 is 56.8 Å². The molecule has 0 amide bonds. The molecule has 3 aromatic rings. The number of anilines is 3. The number of nitrogens with one attached hydrogen (secondary N) is 2. The maximum absolute atomic E-state index is 12.4. The Balaban J connectivity index is 1.53. The molecule has 0 radical (unpaired) electrons. The molecule has 1 aromatic heterocycles. The highest BCUT2D eigenvalue weighted by molar-refractivity contribution is 7.89.